The van der Waals surface area contributed by atoms with Gasteiger partial charge in [0.15, 0.2) is 5.65 Å². The number of ether oxygens (including phenoxy) is 1. The van der Waals surface area contributed by atoms with Gasteiger partial charge >= 0.3 is 6.03 Å². The Bertz CT molecular complexity index is 992. The molecule has 0 radical (unpaired) electrons. The summed E-state index contributed by atoms with van der Waals surface area (Å²) in [6.07, 6.45) is 4.41. The number of methoxy groups -OCH3 is 1. The molecule has 29 heavy (non-hydrogen) atoms. The van der Waals surface area contributed by atoms with E-state index in [1.807, 2.05) is 35.2 Å². The monoisotopic (exact) mass is 393 g/mol. The fourth-order valence-electron chi connectivity index (χ4n) is 4.06. The topological polar surface area (TPSA) is 72.3 Å². The Hall–Kier alpha value is -2.93. The number of aromatic nitrogens is 3. The largest absolute Gasteiger partial charge is 0.377 e. The molecule has 1 aliphatic rings. The van der Waals surface area contributed by atoms with Gasteiger partial charge in [-0.15, -0.1) is 0 Å². The average molecular weight is 393 g/mol. The number of amides is 2. The Kier molecular flexibility index (Phi) is 5.76. The zero-order chi connectivity index (χ0) is 20.2. The summed E-state index contributed by atoms with van der Waals surface area (Å²) in [5.74, 6) is 0.890. The summed E-state index contributed by atoms with van der Waals surface area (Å²) in [5, 5.41) is 3.08. The molecular weight excluding hydrogens is 366 g/mol. The van der Waals surface area contributed by atoms with Gasteiger partial charge in [-0.2, -0.15) is 0 Å². The zero-order valence-corrected chi connectivity index (χ0v) is 17.0. The van der Waals surface area contributed by atoms with E-state index in [1.54, 1.807) is 13.3 Å². The molecule has 7 heteroatoms. The Morgan fingerprint density at radius 3 is 2.76 bits per heavy atom. The molecule has 1 aliphatic heterocycles. The lowest BCUT2D eigenvalue weighted by atomic mass is 10.0. The van der Waals surface area contributed by atoms with Gasteiger partial charge in [0.25, 0.3) is 0 Å². The second-order valence-corrected chi connectivity index (χ2v) is 7.34. The van der Waals surface area contributed by atoms with Gasteiger partial charge in [0.05, 0.1) is 0 Å². The van der Waals surface area contributed by atoms with E-state index in [0.29, 0.717) is 19.7 Å². The highest BCUT2D eigenvalue weighted by molar-refractivity contribution is 5.90. The molecule has 152 valence electrons. The summed E-state index contributed by atoms with van der Waals surface area (Å²) in [7, 11) is 1.68. The number of carbonyl (C=O) groups excluding carboxylic acids is 1. The molecule has 1 N–H and O–H groups in total. The van der Waals surface area contributed by atoms with Gasteiger partial charge in [0.1, 0.15) is 17.9 Å². The van der Waals surface area contributed by atoms with Crippen LogP contribution < -0.4 is 5.32 Å². The van der Waals surface area contributed by atoms with Crippen molar-refractivity contribution in [1.29, 1.82) is 0 Å². The summed E-state index contributed by atoms with van der Waals surface area (Å²) < 4.78 is 7.55. The minimum absolute atomic E-state index is 0.0323. The van der Waals surface area contributed by atoms with Gasteiger partial charge in [0, 0.05) is 38.1 Å². The van der Waals surface area contributed by atoms with Crippen LogP contribution in [0.4, 0.5) is 10.5 Å². The maximum atomic E-state index is 12.8. The van der Waals surface area contributed by atoms with Crippen molar-refractivity contribution in [2.45, 2.75) is 38.8 Å². The predicted octanol–water partition coefficient (Wildman–Crippen LogP) is 4.01. The van der Waals surface area contributed by atoms with Crippen molar-refractivity contribution in [2.75, 3.05) is 25.5 Å². The zero-order valence-electron chi connectivity index (χ0n) is 17.0. The summed E-state index contributed by atoms with van der Waals surface area (Å²) in [4.78, 5) is 23.9. The number of hydrogen-bond donors (Lipinski definition) is 1. The van der Waals surface area contributed by atoms with E-state index in [9.17, 15) is 4.79 Å². The number of carbonyl (C=O) groups is 1. The Morgan fingerprint density at radius 2 is 2.00 bits per heavy atom. The third kappa shape index (κ3) is 3.96. The molecule has 0 spiro atoms. The normalized spacial score (nSPS) is 15.0. The Labute approximate surface area is 170 Å². The second kappa shape index (κ2) is 8.61. The number of piperidine rings is 1. The number of pyridine rings is 1. The minimum Gasteiger partial charge on any atom is -0.377 e. The third-order valence-corrected chi connectivity index (χ3v) is 5.55. The third-order valence-electron chi connectivity index (χ3n) is 5.55. The lowest BCUT2D eigenvalue weighted by Gasteiger charge is -2.33. The molecule has 2 aromatic heterocycles. The number of anilines is 1. The number of urea groups is 1. The smallest absolute Gasteiger partial charge is 0.321 e. The van der Waals surface area contributed by atoms with Crippen LogP contribution in [0.1, 0.15) is 37.2 Å². The van der Waals surface area contributed by atoms with Crippen molar-refractivity contribution < 1.29 is 9.53 Å². The van der Waals surface area contributed by atoms with Gasteiger partial charge in [-0.05, 0) is 43.0 Å². The number of rotatable bonds is 5. The first-order valence-electron chi connectivity index (χ1n) is 10.2. The molecule has 0 unspecified atom stereocenters. The van der Waals surface area contributed by atoms with E-state index in [1.165, 1.54) is 0 Å². The highest BCUT2D eigenvalue weighted by atomic mass is 16.5. The standard InChI is InChI=1S/C22H27N5O2/c1-3-16-7-4-5-8-18(16)25-22(28)26-13-10-17(11-14-26)27-20(15-29-2)24-19-9-6-12-23-21(19)27/h4-9,12,17H,3,10-11,13-15H2,1-2H3,(H,25,28). The first-order chi connectivity index (χ1) is 14.2. The van der Waals surface area contributed by atoms with Crippen molar-refractivity contribution in [3.05, 3.63) is 54.0 Å². The van der Waals surface area contributed by atoms with E-state index in [0.717, 1.165) is 47.5 Å². The molecular formula is C22H27N5O2. The van der Waals surface area contributed by atoms with Crippen LogP contribution in [0.2, 0.25) is 0 Å². The van der Waals surface area contributed by atoms with E-state index in [-0.39, 0.29) is 12.1 Å². The van der Waals surface area contributed by atoms with Crippen LogP contribution in [0, 0.1) is 0 Å². The molecule has 4 rings (SSSR count). The molecule has 2 amide bonds. The van der Waals surface area contributed by atoms with Crippen molar-refractivity contribution in [3.63, 3.8) is 0 Å². The van der Waals surface area contributed by atoms with E-state index < -0.39 is 0 Å². The van der Waals surface area contributed by atoms with Crippen LogP contribution in [-0.2, 0) is 17.8 Å². The summed E-state index contributed by atoms with van der Waals surface area (Å²) >= 11 is 0. The number of aryl methyl sites for hydroxylation is 1. The fourth-order valence-corrected chi connectivity index (χ4v) is 4.06. The van der Waals surface area contributed by atoms with Crippen molar-refractivity contribution in [2.24, 2.45) is 0 Å². The maximum Gasteiger partial charge on any atom is 0.321 e. The molecule has 7 nitrogen and oxygen atoms in total. The van der Waals surface area contributed by atoms with Crippen LogP contribution in [0.3, 0.4) is 0 Å². The molecule has 0 aliphatic carbocycles. The number of imidazole rings is 1. The molecule has 3 heterocycles. The number of benzene rings is 1. The molecule has 0 atom stereocenters. The maximum absolute atomic E-state index is 12.8. The first kappa shape index (κ1) is 19.4. The number of likely N-dealkylation sites (tertiary alicyclic amines) is 1. The molecule has 1 aromatic carbocycles. The van der Waals surface area contributed by atoms with Gasteiger partial charge < -0.3 is 19.5 Å². The predicted molar refractivity (Wildman–Crippen MR) is 113 cm³/mol. The average Bonchev–Trinajstić information content (AvgIpc) is 3.12. The number of hydrogen-bond acceptors (Lipinski definition) is 4. The lowest BCUT2D eigenvalue weighted by molar-refractivity contribution is 0.162. The quantitative estimate of drug-likeness (QED) is 0.711. The number of fused-ring (bicyclic) bond motifs is 1. The van der Waals surface area contributed by atoms with E-state index >= 15 is 0 Å². The van der Waals surface area contributed by atoms with E-state index in [2.05, 4.69) is 32.8 Å². The second-order valence-electron chi connectivity index (χ2n) is 7.34. The van der Waals surface area contributed by atoms with Crippen molar-refractivity contribution in [1.82, 2.24) is 19.4 Å². The van der Waals surface area contributed by atoms with Gasteiger partial charge in [-0.25, -0.2) is 14.8 Å². The fraction of sp³-hybridized carbons (Fsp3) is 0.409. The molecule has 1 fully saturated rings. The first-order valence-corrected chi connectivity index (χ1v) is 10.2. The Morgan fingerprint density at radius 1 is 1.21 bits per heavy atom. The van der Waals surface area contributed by atoms with Crippen LogP contribution in [-0.4, -0.2) is 45.7 Å². The van der Waals surface area contributed by atoms with Crippen molar-refractivity contribution in [3.8, 4) is 0 Å². The van der Waals surface area contributed by atoms with Crippen LogP contribution in [0.25, 0.3) is 11.2 Å². The molecule has 0 bridgehead atoms. The highest BCUT2D eigenvalue weighted by Gasteiger charge is 2.27. The van der Waals surface area contributed by atoms with E-state index in [4.69, 9.17) is 4.74 Å². The van der Waals surface area contributed by atoms with Crippen LogP contribution >= 0.6 is 0 Å². The highest BCUT2D eigenvalue weighted by Crippen LogP contribution is 2.28. The van der Waals surface area contributed by atoms with Crippen molar-refractivity contribution >= 4 is 22.9 Å². The minimum atomic E-state index is -0.0323. The number of nitrogens with one attached hydrogen (secondary N) is 1. The summed E-state index contributed by atoms with van der Waals surface area (Å²) in [6.45, 7) is 3.94. The lowest BCUT2D eigenvalue weighted by Crippen LogP contribution is -2.41. The number of para-hydroxylation sites is 1. The summed E-state index contributed by atoms with van der Waals surface area (Å²) in [6, 6.07) is 12.1. The number of nitrogens with zero attached hydrogens (tertiary/aromatic N) is 4. The summed E-state index contributed by atoms with van der Waals surface area (Å²) in [5.41, 5.74) is 3.82. The molecule has 1 saturated heterocycles. The van der Waals surface area contributed by atoms with Crippen LogP contribution in [0.5, 0.6) is 0 Å². The van der Waals surface area contributed by atoms with Crippen LogP contribution in [0.15, 0.2) is 42.6 Å². The SMILES string of the molecule is CCc1ccccc1NC(=O)N1CCC(n2c(COC)nc3cccnc32)CC1. The van der Waals surface area contributed by atoms with Gasteiger partial charge in [0.2, 0.25) is 0 Å². The Balaban J connectivity index is 1.46. The molecule has 3 aromatic rings. The van der Waals surface area contributed by atoms with Gasteiger partial charge in [-0.1, -0.05) is 25.1 Å². The molecule has 0 saturated carbocycles. The van der Waals surface area contributed by atoms with Gasteiger partial charge in [-0.3, -0.25) is 0 Å².